The van der Waals surface area contributed by atoms with E-state index >= 15 is 0 Å². The molecule has 0 aliphatic rings. The molecule has 0 unspecified atom stereocenters. The summed E-state index contributed by atoms with van der Waals surface area (Å²) in [5.41, 5.74) is 1.96. The van der Waals surface area contributed by atoms with Gasteiger partial charge in [-0.05, 0) is 24.3 Å². The van der Waals surface area contributed by atoms with Gasteiger partial charge in [-0.15, -0.1) is 11.3 Å². The highest BCUT2D eigenvalue weighted by Gasteiger charge is 2.19. The van der Waals surface area contributed by atoms with Gasteiger partial charge in [0, 0.05) is 23.3 Å². The first kappa shape index (κ1) is 17.7. The molecule has 25 heavy (non-hydrogen) atoms. The molecule has 0 fully saturated rings. The maximum atomic E-state index is 12.5. The number of nitrogens with one attached hydrogen (secondary N) is 1. The van der Waals surface area contributed by atoms with Gasteiger partial charge in [0.15, 0.2) is 5.75 Å². The van der Waals surface area contributed by atoms with Crippen molar-refractivity contribution in [2.75, 3.05) is 7.11 Å². The van der Waals surface area contributed by atoms with Crippen LogP contribution in [0.2, 0.25) is 10.0 Å². The van der Waals surface area contributed by atoms with Gasteiger partial charge < -0.3 is 10.1 Å². The molecule has 1 amide bonds. The number of halogens is 2. The lowest BCUT2D eigenvalue weighted by molar-refractivity contribution is 0.0948. The Morgan fingerprint density at radius 3 is 2.80 bits per heavy atom. The van der Waals surface area contributed by atoms with Crippen molar-refractivity contribution in [2.24, 2.45) is 0 Å². The van der Waals surface area contributed by atoms with Crippen LogP contribution in [0.1, 0.15) is 15.4 Å². The van der Waals surface area contributed by atoms with E-state index < -0.39 is 0 Å². The second kappa shape index (κ2) is 7.82. The lowest BCUT2D eigenvalue weighted by Crippen LogP contribution is -2.23. The van der Waals surface area contributed by atoms with Crippen molar-refractivity contribution in [1.82, 2.24) is 15.3 Å². The Hall–Kier alpha value is -2.15. The van der Waals surface area contributed by atoms with E-state index in [1.165, 1.54) is 18.4 Å². The van der Waals surface area contributed by atoms with Crippen molar-refractivity contribution < 1.29 is 9.53 Å². The number of methoxy groups -OCH3 is 1. The Balaban J connectivity index is 1.74. The number of carbonyl (C=O) groups is 1. The second-order valence-corrected chi connectivity index (χ2v) is 6.75. The third kappa shape index (κ3) is 3.92. The predicted molar refractivity (Wildman–Crippen MR) is 99.5 cm³/mol. The molecule has 0 radical (unpaired) electrons. The molecule has 8 heteroatoms. The van der Waals surface area contributed by atoms with Gasteiger partial charge in [0.1, 0.15) is 10.6 Å². The smallest absolute Gasteiger partial charge is 0.256 e. The summed E-state index contributed by atoms with van der Waals surface area (Å²) >= 11 is 13.6. The lowest BCUT2D eigenvalue weighted by Gasteiger charge is -2.11. The number of aromatic nitrogens is 2. The van der Waals surface area contributed by atoms with E-state index in [1.54, 1.807) is 24.5 Å². The molecule has 1 N–H and O–H groups in total. The average molecular weight is 394 g/mol. The first-order chi connectivity index (χ1) is 12.1. The van der Waals surface area contributed by atoms with Crippen LogP contribution >= 0.6 is 34.5 Å². The Morgan fingerprint density at radius 1 is 1.28 bits per heavy atom. The number of nitrogens with zero attached hydrogens (tertiary/aromatic N) is 2. The molecule has 0 atom stereocenters. The molecule has 3 aromatic rings. The van der Waals surface area contributed by atoms with E-state index in [0.717, 1.165) is 16.3 Å². The van der Waals surface area contributed by atoms with Gasteiger partial charge in [0.2, 0.25) is 0 Å². The number of hydrogen-bond donors (Lipinski definition) is 1. The number of ether oxygens (including phenoxy) is 1. The van der Waals surface area contributed by atoms with Crippen LogP contribution in [0.4, 0.5) is 0 Å². The molecule has 2 heterocycles. The van der Waals surface area contributed by atoms with E-state index in [9.17, 15) is 4.79 Å². The summed E-state index contributed by atoms with van der Waals surface area (Å²) < 4.78 is 5.19. The average Bonchev–Trinajstić information content (AvgIpc) is 3.11. The molecule has 1 aromatic carbocycles. The number of carbonyl (C=O) groups excluding carboxylic acids is 1. The maximum absolute atomic E-state index is 12.5. The molecule has 3 rings (SSSR count). The number of pyridine rings is 1. The zero-order valence-electron chi connectivity index (χ0n) is 13.1. The highest BCUT2D eigenvalue weighted by atomic mass is 35.5. The summed E-state index contributed by atoms with van der Waals surface area (Å²) in [6.45, 7) is 0.274. The standard InChI is InChI=1S/C17H13Cl2N3O2S/c1-24-16-12(19)5-4-11(18)15(16)17(23)21-8-14-22-13(9-25-14)10-3-2-6-20-7-10/h2-7,9H,8H2,1H3,(H,21,23). The van der Waals surface area contributed by atoms with Gasteiger partial charge >= 0.3 is 0 Å². The van der Waals surface area contributed by atoms with Crippen LogP contribution in [0.3, 0.4) is 0 Å². The van der Waals surface area contributed by atoms with Gasteiger partial charge in [-0.3, -0.25) is 9.78 Å². The van der Waals surface area contributed by atoms with Crippen LogP contribution in [0, 0.1) is 0 Å². The van der Waals surface area contributed by atoms with Crippen LogP contribution < -0.4 is 10.1 Å². The predicted octanol–water partition coefficient (Wildman–Crippen LogP) is 4.45. The van der Waals surface area contributed by atoms with E-state index in [2.05, 4.69) is 15.3 Å². The second-order valence-electron chi connectivity index (χ2n) is 4.99. The molecule has 0 aliphatic heterocycles. The highest BCUT2D eigenvalue weighted by molar-refractivity contribution is 7.09. The van der Waals surface area contributed by atoms with Crippen LogP contribution in [-0.4, -0.2) is 23.0 Å². The van der Waals surface area contributed by atoms with Crippen LogP contribution in [-0.2, 0) is 6.54 Å². The van der Waals surface area contributed by atoms with Crippen molar-refractivity contribution in [3.05, 3.63) is 62.7 Å². The molecule has 0 saturated heterocycles. The monoisotopic (exact) mass is 393 g/mol. The highest BCUT2D eigenvalue weighted by Crippen LogP contribution is 2.33. The van der Waals surface area contributed by atoms with Crippen molar-refractivity contribution >= 4 is 40.4 Å². The number of rotatable bonds is 5. The summed E-state index contributed by atoms with van der Waals surface area (Å²) in [6, 6.07) is 6.93. The van der Waals surface area contributed by atoms with Gasteiger partial charge in [0.05, 0.1) is 29.4 Å². The zero-order chi connectivity index (χ0) is 17.8. The summed E-state index contributed by atoms with van der Waals surface area (Å²) in [7, 11) is 1.44. The van der Waals surface area contributed by atoms with E-state index in [4.69, 9.17) is 27.9 Å². The fourth-order valence-corrected chi connectivity index (χ4v) is 3.44. The minimum absolute atomic E-state index is 0.209. The first-order valence-corrected chi connectivity index (χ1v) is 8.88. The normalized spacial score (nSPS) is 10.5. The SMILES string of the molecule is COc1c(Cl)ccc(Cl)c1C(=O)NCc1nc(-c2cccnc2)cs1. The molecular weight excluding hydrogens is 381 g/mol. The van der Waals surface area contributed by atoms with Crippen molar-refractivity contribution in [2.45, 2.75) is 6.54 Å². The minimum Gasteiger partial charge on any atom is -0.494 e. The molecular formula is C17H13Cl2N3O2S. The van der Waals surface area contributed by atoms with Crippen molar-refractivity contribution in [3.63, 3.8) is 0 Å². The summed E-state index contributed by atoms with van der Waals surface area (Å²) in [5, 5.41) is 6.08. The Bertz CT molecular complexity index is 900. The van der Waals surface area contributed by atoms with E-state index in [1.807, 2.05) is 17.5 Å². The summed E-state index contributed by atoms with van der Waals surface area (Å²) in [6.07, 6.45) is 3.45. The van der Waals surface area contributed by atoms with Gasteiger partial charge in [-0.2, -0.15) is 0 Å². The van der Waals surface area contributed by atoms with E-state index in [0.29, 0.717) is 5.02 Å². The van der Waals surface area contributed by atoms with Crippen molar-refractivity contribution in [1.29, 1.82) is 0 Å². The minimum atomic E-state index is -0.373. The molecule has 0 saturated carbocycles. The number of thiazole rings is 1. The summed E-state index contributed by atoms with van der Waals surface area (Å²) in [4.78, 5) is 21.1. The number of benzene rings is 1. The van der Waals surface area contributed by atoms with Gasteiger partial charge in [-0.1, -0.05) is 23.2 Å². The quantitative estimate of drug-likeness (QED) is 0.695. The van der Waals surface area contributed by atoms with Gasteiger partial charge in [-0.25, -0.2) is 4.98 Å². The maximum Gasteiger partial charge on any atom is 0.256 e. The first-order valence-electron chi connectivity index (χ1n) is 7.25. The van der Waals surface area contributed by atoms with Crippen molar-refractivity contribution in [3.8, 4) is 17.0 Å². The molecule has 0 aliphatic carbocycles. The van der Waals surface area contributed by atoms with Gasteiger partial charge in [0.25, 0.3) is 5.91 Å². The van der Waals surface area contributed by atoms with Crippen LogP contribution in [0.5, 0.6) is 5.75 Å². The molecule has 0 bridgehead atoms. The number of hydrogen-bond acceptors (Lipinski definition) is 5. The molecule has 128 valence electrons. The largest absolute Gasteiger partial charge is 0.494 e. The zero-order valence-corrected chi connectivity index (χ0v) is 15.5. The fraction of sp³-hybridized carbons (Fsp3) is 0.118. The van der Waals surface area contributed by atoms with Crippen LogP contribution in [0.25, 0.3) is 11.3 Å². The Morgan fingerprint density at radius 2 is 2.08 bits per heavy atom. The topological polar surface area (TPSA) is 64.1 Å². The third-order valence-corrected chi connectivity index (χ3v) is 4.86. The molecule has 0 spiro atoms. The van der Waals surface area contributed by atoms with E-state index in [-0.39, 0.29) is 28.8 Å². The molecule has 5 nitrogen and oxygen atoms in total. The Labute approximate surface area is 158 Å². The summed E-state index contributed by atoms with van der Waals surface area (Å²) in [5.74, 6) is -0.121. The number of amides is 1. The van der Waals surface area contributed by atoms with Crippen LogP contribution in [0.15, 0.2) is 42.0 Å². The molecule has 2 aromatic heterocycles. The fourth-order valence-electron chi connectivity index (χ4n) is 2.23. The lowest BCUT2D eigenvalue weighted by atomic mass is 10.2. The Kier molecular flexibility index (Phi) is 5.53. The third-order valence-electron chi connectivity index (χ3n) is 3.40.